The van der Waals surface area contributed by atoms with E-state index in [0.717, 1.165) is 36.0 Å². The highest BCUT2D eigenvalue weighted by Crippen LogP contribution is 2.24. The van der Waals surface area contributed by atoms with E-state index in [2.05, 4.69) is 11.4 Å². The molecule has 0 unspecified atom stereocenters. The fourth-order valence-electron chi connectivity index (χ4n) is 3.92. The van der Waals surface area contributed by atoms with Crippen LogP contribution in [0.15, 0.2) is 41.3 Å². The van der Waals surface area contributed by atoms with E-state index in [4.69, 9.17) is 0 Å². The molecule has 1 aliphatic heterocycles. The number of sulfonamides is 1. The summed E-state index contributed by atoms with van der Waals surface area (Å²) in [6.07, 6.45) is 2.82. The second-order valence-corrected chi connectivity index (χ2v) is 9.93. The third-order valence-electron chi connectivity index (χ3n) is 5.65. The summed E-state index contributed by atoms with van der Waals surface area (Å²) in [5, 5.41) is 3.02. The van der Waals surface area contributed by atoms with Crippen molar-refractivity contribution in [2.75, 3.05) is 13.1 Å². The number of carbonyl (C=O) groups is 1. The van der Waals surface area contributed by atoms with Crippen molar-refractivity contribution in [3.05, 3.63) is 64.2 Å². The van der Waals surface area contributed by atoms with E-state index < -0.39 is 10.0 Å². The van der Waals surface area contributed by atoms with Crippen LogP contribution in [-0.2, 0) is 10.0 Å². The molecule has 1 N–H and O–H groups in total. The zero-order chi connectivity index (χ0) is 21.2. The molecule has 2 aromatic carbocycles. The normalized spacial score (nSPS) is 16.4. The average molecular weight is 415 g/mol. The van der Waals surface area contributed by atoms with E-state index in [9.17, 15) is 13.2 Å². The summed E-state index contributed by atoms with van der Waals surface area (Å²) in [5.74, 6) is -0.259. The van der Waals surface area contributed by atoms with Gasteiger partial charge < -0.3 is 5.32 Å². The molecule has 0 radical (unpaired) electrons. The maximum Gasteiger partial charge on any atom is 0.252 e. The molecule has 1 amide bonds. The van der Waals surface area contributed by atoms with Crippen LogP contribution in [0.4, 0.5) is 0 Å². The Morgan fingerprint density at radius 3 is 2.31 bits per heavy atom. The molecule has 29 heavy (non-hydrogen) atoms. The topological polar surface area (TPSA) is 66.5 Å². The van der Waals surface area contributed by atoms with E-state index in [1.807, 2.05) is 39.8 Å². The number of nitrogens with zero attached hydrogens (tertiary/aromatic N) is 1. The van der Waals surface area contributed by atoms with Gasteiger partial charge in [0, 0.05) is 18.7 Å². The number of nitrogens with one attached hydrogen (secondary N) is 1. The number of piperidine rings is 1. The van der Waals surface area contributed by atoms with E-state index in [0.29, 0.717) is 18.7 Å². The Morgan fingerprint density at radius 2 is 1.66 bits per heavy atom. The number of rotatable bonds is 5. The quantitative estimate of drug-likeness (QED) is 0.794. The first-order valence-corrected chi connectivity index (χ1v) is 11.6. The predicted octanol–water partition coefficient (Wildman–Crippen LogP) is 4.28. The number of hydrogen-bond donors (Lipinski definition) is 1. The van der Waals surface area contributed by atoms with Gasteiger partial charge in [-0.05, 0) is 69.4 Å². The fraction of sp³-hybridized carbons (Fsp3) is 0.435. The van der Waals surface area contributed by atoms with Gasteiger partial charge in [0.05, 0.1) is 10.9 Å². The van der Waals surface area contributed by atoms with Crippen molar-refractivity contribution in [3.63, 3.8) is 0 Å². The lowest BCUT2D eigenvalue weighted by Crippen LogP contribution is -2.36. The van der Waals surface area contributed by atoms with Crippen molar-refractivity contribution < 1.29 is 13.2 Å². The van der Waals surface area contributed by atoms with Gasteiger partial charge in [-0.15, -0.1) is 0 Å². The second kappa shape index (κ2) is 8.67. The van der Waals surface area contributed by atoms with E-state index in [1.54, 1.807) is 12.1 Å². The highest BCUT2D eigenvalue weighted by molar-refractivity contribution is 7.89. The molecule has 0 bridgehead atoms. The van der Waals surface area contributed by atoms with Crippen LogP contribution in [0.25, 0.3) is 0 Å². The highest BCUT2D eigenvalue weighted by atomic mass is 32.2. The van der Waals surface area contributed by atoms with Gasteiger partial charge >= 0.3 is 0 Å². The van der Waals surface area contributed by atoms with Crippen molar-refractivity contribution in [3.8, 4) is 0 Å². The Morgan fingerprint density at radius 1 is 0.966 bits per heavy atom. The minimum absolute atomic E-state index is 0.176. The third kappa shape index (κ3) is 4.70. The van der Waals surface area contributed by atoms with Crippen molar-refractivity contribution >= 4 is 15.9 Å². The SMILES string of the molecule is Cc1ccc([C@H](C)NC(=O)c2cc(S(=O)(=O)N3CCCCC3)ccc2C)c(C)c1. The van der Waals surface area contributed by atoms with Gasteiger partial charge in [0.25, 0.3) is 5.91 Å². The largest absolute Gasteiger partial charge is 0.345 e. The van der Waals surface area contributed by atoms with Crippen LogP contribution in [0, 0.1) is 20.8 Å². The van der Waals surface area contributed by atoms with E-state index in [-0.39, 0.29) is 16.8 Å². The molecule has 1 fully saturated rings. The molecular formula is C23H30N2O3S. The van der Waals surface area contributed by atoms with Crippen molar-refractivity contribution in [1.82, 2.24) is 9.62 Å². The van der Waals surface area contributed by atoms with E-state index in [1.165, 1.54) is 15.9 Å². The minimum Gasteiger partial charge on any atom is -0.345 e. The standard InChI is InChI=1S/C23H30N2O3S/c1-16-8-11-21(18(3)14-16)19(4)24-23(26)22-15-20(10-9-17(22)2)29(27,28)25-12-6-5-7-13-25/h8-11,14-15,19H,5-7,12-13H2,1-4H3,(H,24,26)/t19-/m0/s1. The smallest absolute Gasteiger partial charge is 0.252 e. The molecule has 2 aromatic rings. The van der Waals surface area contributed by atoms with Gasteiger partial charge in [-0.3, -0.25) is 4.79 Å². The predicted molar refractivity (Wildman–Crippen MR) is 116 cm³/mol. The van der Waals surface area contributed by atoms with Gasteiger partial charge in [-0.2, -0.15) is 4.31 Å². The molecule has 0 aliphatic carbocycles. The molecule has 156 valence electrons. The monoisotopic (exact) mass is 414 g/mol. The number of carbonyl (C=O) groups excluding carboxylic acids is 1. The molecule has 1 aliphatic rings. The van der Waals surface area contributed by atoms with Crippen LogP contribution in [0.2, 0.25) is 0 Å². The molecule has 1 heterocycles. The lowest BCUT2D eigenvalue weighted by Gasteiger charge is -2.26. The molecule has 6 heteroatoms. The first kappa shape index (κ1) is 21.5. The minimum atomic E-state index is -3.57. The average Bonchev–Trinajstić information content (AvgIpc) is 2.68. The van der Waals surface area contributed by atoms with E-state index >= 15 is 0 Å². The second-order valence-electron chi connectivity index (χ2n) is 8.00. The van der Waals surface area contributed by atoms with Crippen LogP contribution >= 0.6 is 0 Å². The summed E-state index contributed by atoms with van der Waals surface area (Å²) in [7, 11) is -3.57. The molecule has 1 saturated heterocycles. The van der Waals surface area contributed by atoms with Crippen LogP contribution in [0.1, 0.15) is 64.8 Å². The Labute approximate surface area is 174 Å². The highest BCUT2D eigenvalue weighted by Gasteiger charge is 2.27. The summed E-state index contributed by atoms with van der Waals surface area (Å²) in [6.45, 7) is 8.93. The van der Waals surface area contributed by atoms with Crippen molar-refractivity contribution in [2.24, 2.45) is 0 Å². The third-order valence-corrected chi connectivity index (χ3v) is 7.54. The van der Waals surface area contributed by atoms with Crippen LogP contribution in [0.3, 0.4) is 0 Å². The lowest BCUT2D eigenvalue weighted by atomic mass is 9.99. The molecule has 3 rings (SSSR count). The van der Waals surface area contributed by atoms with Crippen LogP contribution in [-0.4, -0.2) is 31.7 Å². The maximum absolute atomic E-state index is 13.0. The molecular weight excluding hydrogens is 384 g/mol. The van der Waals surface area contributed by atoms with Gasteiger partial charge in [0.15, 0.2) is 0 Å². The fourth-order valence-corrected chi connectivity index (χ4v) is 5.47. The molecule has 0 aromatic heterocycles. The summed E-state index contributed by atoms with van der Waals surface area (Å²) in [5.41, 5.74) is 4.51. The summed E-state index contributed by atoms with van der Waals surface area (Å²) < 4.78 is 27.5. The van der Waals surface area contributed by atoms with Gasteiger partial charge in [0.2, 0.25) is 10.0 Å². The zero-order valence-corrected chi connectivity index (χ0v) is 18.5. The van der Waals surface area contributed by atoms with Gasteiger partial charge in [-0.1, -0.05) is 36.2 Å². The molecule has 1 atom stereocenters. The number of hydrogen-bond acceptors (Lipinski definition) is 3. The molecule has 5 nitrogen and oxygen atoms in total. The van der Waals surface area contributed by atoms with Gasteiger partial charge in [0.1, 0.15) is 0 Å². The van der Waals surface area contributed by atoms with Crippen molar-refractivity contribution in [1.29, 1.82) is 0 Å². The Balaban J connectivity index is 1.84. The number of amides is 1. The summed E-state index contributed by atoms with van der Waals surface area (Å²) >= 11 is 0. The summed E-state index contributed by atoms with van der Waals surface area (Å²) in [4.78, 5) is 13.2. The lowest BCUT2D eigenvalue weighted by molar-refractivity contribution is 0.0939. The molecule has 0 saturated carbocycles. The Hall–Kier alpha value is -2.18. The molecule has 0 spiro atoms. The Kier molecular flexibility index (Phi) is 6.44. The van der Waals surface area contributed by atoms with Gasteiger partial charge in [-0.25, -0.2) is 8.42 Å². The van der Waals surface area contributed by atoms with Crippen molar-refractivity contribution in [2.45, 2.75) is 57.9 Å². The number of benzene rings is 2. The zero-order valence-electron chi connectivity index (χ0n) is 17.7. The van der Waals surface area contributed by atoms with Crippen LogP contribution < -0.4 is 5.32 Å². The van der Waals surface area contributed by atoms with Crippen LogP contribution in [0.5, 0.6) is 0 Å². The first-order valence-electron chi connectivity index (χ1n) is 10.2. The first-order chi connectivity index (χ1) is 13.7. The summed E-state index contributed by atoms with van der Waals surface area (Å²) in [6, 6.07) is 10.8. The Bertz CT molecular complexity index is 1010. The maximum atomic E-state index is 13.0. The number of aryl methyl sites for hydroxylation is 3.